The summed E-state index contributed by atoms with van der Waals surface area (Å²) in [6.45, 7) is 5.61. The highest BCUT2D eigenvalue weighted by Gasteiger charge is 2.19. The highest BCUT2D eigenvalue weighted by atomic mass is 32.1. The Balaban J connectivity index is 1.60. The Kier molecular flexibility index (Phi) is 6.79. The van der Waals surface area contributed by atoms with Crippen LogP contribution in [0.3, 0.4) is 0 Å². The molecule has 1 amide bonds. The lowest BCUT2D eigenvalue weighted by Crippen LogP contribution is -2.15. The van der Waals surface area contributed by atoms with Gasteiger partial charge in [0.15, 0.2) is 17.4 Å². The number of esters is 1. The standard InChI is InChI=1S/C22H23N3O4S/c1-14-11-18(15(2)25(14)10-9-17-7-5-4-6-8-17)20(27)12-29-21(28)19-13-30-22(24-19)23-16(3)26/h4-8,11,13H,9-10,12H2,1-3H3,(H,23,24,26). The summed E-state index contributed by atoms with van der Waals surface area (Å²) < 4.78 is 7.23. The predicted molar refractivity (Wildman–Crippen MR) is 115 cm³/mol. The van der Waals surface area contributed by atoms with Gasteiger partial charge in [-0.25, -0.2) is 9.78 Å². The van der Waals surface area contributed by atoms with E-state index in [0.717, 1.165) is 35.7 Å². The van der Waals surface area contributed by atoms with Crippen LogP contribution in [0, 0.1) is 13.8 Å². The predicted octanol–water partition coefficient (Wildman–Crippen LogP) is 3.80. The molecule has 0 fully saturated rings. The molecule has 3 aromatic rings. The molecule has 30 heavy (non-hydrogen) atoms. The number of carbonyl (C=O) groups excluding carboxylic acids is 3. The van der Waals surface area contributed by atoms with Crippen LogP contribution in [0.2, 0.25) is 0 Å². The third-order valence-electron chi connectivity index (χ3n) is 4.67. The first kappa shape index (κ1) is 21.4. The van der Waals surface area contributed by atoms with Crippen LogP contribution < -0.4 is 5.32 Å². The van der Waals surface area contributed by atoms with Crippen molar-refractivity contribution in [2.45, 2.75) is 33.7 Å². The fraction of sp³-hybridized carbons (Fsp3) is 0.273. The average Bonchev–Trinajstić information content (AvgIpc) is 3.29. The molecule has 1 aromatic carbocycles. The van der Waals surface area contributed by atoms with Gasteiger partial charge in [-0.1, -0.05) is 30.3 Å². The highest BCUT2D eigenvalue weighted by Crippen LogP contribution is 2.18. The van der Waals surface area contributed by atoms with Gasteiger partial charge in [-0.2, -0.15) is 0 Å². The lowest BCUT2D eigenvalue weighted by Gasteiger charge is -2.10. The number of ether oxygens (including phenoxy) is 1. The monoisotopic (exact) mass is 425 g/mol. The Bertz CT molecular complexity index is 1070. The molecule has 0 radical (unpaired) electrons. The van der Waals surface area contributed by atoms with E-state index in [-0.39, 0.29) is 24.0 Å². The van der Waals surface area contributed by atoms with Crippen LogP contribution in [-0.2, 0) is 22.5 Å². The van der Waals surface area contributed by atoms with Crippen molar-refractivity contribution in [3.05, 3.63) is 70.0 Å². The van der Waals surface area contributed by atoms with E-state index in [2.05, 4.69) is 27.0 Å². The van der Waals surface area contributed by atoms with Crippen LogP contribution in [0.4, 0.5) is 5.13 Å². The summed E-state index contributed by atoms with van der Waals surface area (Å²) >= 11 is 1.12. The highest BCUT2D eigenvalue weighted by molar-refractivity contribution is 7.14. The zero-order chi connectivity index (χ0) is 21.7. The minimum absolute atomic E-state index is 0.0601. The van der Waals surface area contributed by atoms with Crippen molar-refractivity contribution in [1.29, 1.82) is 0 Å². The van der Waals surface area contributed by atoms with Crippen molar-refractivity contribution in [3.63, 3.8) is 0 Å². The first-order chi connectivity index (χ1) is 14.3. The normalized spacial score (nSPS) is 10.6. The summed E-state index contributed by atoms with van der Waals surface area (Å²) in [6, 6.07) is 12.0. The first-order valence-electron chi connectivity index (χ1n) is 9.49. The molecule has 156 valence electrons. The molecule has 8 heteroatoms. The van der Waals surface area contributed by atoms with Gasteiger partial charge in [0, 0.05) is 35.8 Å². The zero-order valence-electron chi connectivity index (χ0n) is 17.1. The third kappa shape index (κ3) is 5.21. The van der Waals surface area contributed by atoms with E-state index in [1.807, 2.05) is 38.1 Å². The number of aryl methyl sites for hydroxylation is 2. The van der Waals surface area contributed by atoms with Crippen molar-refractivity contribution in [2.24, 2.45) is 0 Å². The fourth-order valence-corrected chi connectivity index (χ4v) is 3.90. The van der Waals surface area contributed by atoms with Crippen molar-refractivity contribution < 1.29 is 19.1 Å². The number of hydrogen-bond acceptors (Lipinski definition) is 6. The van der Waals surface area contributed by atoms with Crippen molar-refractivity contribution in [3.8, 4) is 0 Å². The van der Waals surface area contributed by atoms with Gasteiger partial charge in [-0.05, 0) is 31.9 Å². The number of hydrogen-bond donors (Lipinski definition) is 1. The topological polar surface area (TPSA) is 90.3 Å². The van der Waals surface area contributed by atoms with E-state index in [1.165, 1.54) is 17.9 Å². The lowest BCUT2D eigenvalue weighted by molar-refractivity contribution is -0.114. The molecule has 0 unspecified atom stereocenters. The Morgan fingerprint density at radius 2 is 1.90 bits per heavy atom. The lowest BCUT2D eigenvalue weighted by atomic mass is 10.1. The van der Waals surface area contributed by atoms with E-state index >= 15 is 0 Å². The quantitative estimate of drug-likeness (QED) is 0.438. The molecule has 0 bridgehead atoms. The third-order valence-corrected chi connectivity index (χ3v) is 5.43. The Hall–Kier alpha value is -3.26. The van der Waals surface area contributed by atoms with Crippen LogP contribution in [0.25, 0.3) is 0 Å². The van der Waals surface area contributed by atoms with Crippen LogP contribution in [0.5, 0.6) is 0 Å². The van der Waals surface area contributed by atoms with Gasteiger partial charge >= 0.3 is 5.97 Å². The first-order valence-corrected chi connectivity index (χ1v) is 10.4. The number of aromatic nitrogens is 2. The number of amides is 1. The molecule has 0 aliphatic rings. The number of benzene rings is 1. The number of anilines is 1. The number of ketones is 1. The number of thiazole rings is 1. The summed E-state index contributed by atoms with van der Waals surface area (Å²) in [6.07, 6.45) is 0.861. The summed E-state index contributed by atoms with van der Waals surface area (Å²) in [5.41, 5.74) is 3.67. The summed E-state index contributed by atoms with van der Waals surface area (Å²) in [5.74, 6) is -1.24. The average molecular weight is 426 g/mol. The van der Waals surface area contributed by atoms with Crippen molar-refractivity contribution >= 4 is 34.1 Å². The Labute approximate surface area is 178 Å². The van der Waals surface area contributed by atoms with Crippen LogP contribution in [0.1, 0.15) is 44.7 Å². The minimum atomic E-state index is -0.700. The molecule has 2 aromatic heterocycles. The molecule has 2 heterocycles. The van der Waals surface area contributed by atoms with Crippen molar-refractivity contribution in [2.75, 3.05) is 11.9 Å². The fourth-order valence-electron chi connectivity index (χ4n) is 3.17. The molecule has 0 aliphatic heterocycles. The summed E-state index contributed by atoms with van der Waals surface area (Å²) in [7, 11) is 0. The smallest absolute Gasteiger partial charge is 0.358 e. The van der Waals surface area contributed by atoms with Gasteiger partial charge in [0.2, 0.25) is 11.7 Å². The molecule has 1 N–H and O–H groups in total. The van der Waals surface area contributed by atoms with Crippen LogP contribution in [-0.4, -0.2) is 33.8 Å². The van der Waals surface area contributed by atoms with Gasteiger partial charge in [0.1, 0.15) is 0 Å². The van der Waals surface area contributed by atoms with E-state index in [9.17, 15) is 14.4 Å². The van der Waals surface area contributed by atoms with E-state index < -0.39 is 5.97 Å². The second kappa shape index (κ2) is 9.49. The molecule has 0 aliphatic carbocycles. The molecule has 3 rings (SSSR count). The van der Waals surface area contributed by atoms with E-state index in [1.54, 1.807) is 0 Å². The minimum Gasteiger partial charge on any atom is -0.453 e. The summed E-state index contributed by atoms with van der Waals surface area (Å²) in [4.78, 5) is 39.8. The van der Waals surface area contributed by atoms with E-state index in [0.29, 0.717) is 10.7 Å². The van der Waals surface area contributed by atoms with Gasteiger partial charge in [-0.15, -0.1) is 11.3 Å². The maximum atomic E-state index is 12.6. The second-order valence-corrected chi connectivity index (χ2v) is 7.75. The molecule has 0 atom stereocenters. The van der Waals surface area contributed by atoms with Gasteiger partial charge in [0.25, 0.3) is 0 Å². The van der Waals surface area contributed by atoms with Gasteiger partial charge < -0.3 is 14.6 Å². The van der Waals surface area contributed by atoms with Crippen molar-refractivity contribution in [1.82, 2.24) is 9.55 Å². The van der Waals surface area contributed by atoms with E-state index in [4.69, 9.17) is 4.74 Å². The molecule has 0 saturated carbocycles. The number of nitrogens with one attached hydrogen (secondary N) is 1. The molecule has 0 spiro atoms. The van der Waals surface area contributed by atoms with Gasteiger partial charge in [0.05, 0.1) is 0 Å². The Morgan fingerprint density at radius 1 is 1.17 bits per heavy atom. The summed E-state index contributed by atoms with van der Waals surface area (Å²) in [5, 5.41) is 4.29. The zero-order valence-corrected chi connectivity index (χ0v) is 17.9. The molecule has 7 nitrogen and oxygen atoms in total. The molecular weight excluding hydrogens is 402 g/mol. The maximum absolute atomic E-state index is 12.6. The maximum Gasteiger partial charge on any atom is 0.358 e. The second-order valence-electron chi connectivity index (χ2n) is 6.89. The van der Waals surface area contributed by atoms with Crippen LogP contribution >= 0.6 is 11.3 Å². The largest absolute Gasteiger partial charge is 0.453 e. The number of carbonyl (C=O) groups is 3. The molecule has 0 saturated heterocycles. The van der Waals surface area contributed by atoms with Gasteiger partial charge in [-0.3, -0.25) is 9.59 Å². The van der Waals surface area contributed by atoms with Crippen LogP contribution in [0.15, 0.2) is 41.8 Å². The Morgan fingerprint density at radius 3 is 2.60 bits per heavy atom. The molecular formula is C22H23N3O4S. The SMILES string of the molecule is CC(=O)Nc1nc(C(=O)OCC(=O)c2cc(C)n(CCc3ccccc3)c2C)cs1. The number of rotatable bonds is 8. The number of Topliss-reactive ketones (excluding diaryl/α,β-unsaturated/α-hetero) is 1. The number of nitrogens with zero attached hydrogens (tertiary/aromatic N) is 2.